The molecule has 1 saturated carbocycles. The minimum Gasteiger partial charge on any atom is -0.486 e. The number of ether oxygens (including phenoxy) is 1. The number of hydrogen-bond donors (Lipinski definition) is 0. The lowest BCUT2D eigenvalue weighted by molar-refractivity contribution is 0.266. The number of alkyl halides is 1. The van der Waals surface area contributed by atoms with Gasteiger partial charge in [0.15, 0.2) is 0 Å². The van der Waals surface area contributed by atoms with Crippen molar-refractivity contribution in [3.8, 4) is 5.75 Å². The average Bonchev–Trinajstić information content (AvgIpc) is 2.63. The second-order valence-electron chi connectivity index (χ2n) is 3.64. The van der Waals surface area contributed by atoms with Crippen molar-refractivity contribution in [1.29, 1.82) is 0 Å². The van der Waals surface area contributed by atoms with Gasteiger partial charge in [0.1, 0.15) is 23.8 Å². The van der Waals surface area contributed by atoms with Crippen molar-refractivity contribution in [2.45, 2.75) is 25.1 Å². The maximum atomic E-state index is 13.1. The van der Waals surface area contributed by atoms with E-state index in [0.717, 1.165) is 5.56 Å². The molecule has 0 spiro atoms. The van der Waals surface area contributed by atoms with Crippen molar-refractivity contribution < 1.29 is 13.5 Å². The summed E-state index contributed by atoms with van der Waals surface area (Å²) in [5, 5.41) is 0. The predicted molar refractivity (Wildman–Crippen MR) is 43.2 cm³/mol. The molecule has 1 heterocycles. The van der Waals surface area contributed by atoms with Gasteiger partial charge in [0, 0.05) is 5.56 Å². The summed E-state index contributed by atoms with van der Waals surface area (Å²) in [6.45, 7) is 1.67. The lowest BCUT2D eigenvalue weighted by Crippen LogP contribution is -1.99. The fourth-order valence-electron chi connectivity index (χ4n) is 2.05. The van der Waals surface area contributed by atoms with Crippen LogP contribution in [-0.4, -0.2) is 12.3 Å². The number of hydrogen-bond acceptors (Lipinski definition) is 1. The third-order valence-electron chi connectivity index (χ3n) is 2.88. The Balaban J connectivity index is 2.19. The van der Waals surface area contributed by atoms with Gasteiger partial charge < -0.3 is 4.74 Å². The number of fused-ring (bicyclic) bond motifs is 3. The lowest BCUT2D eigenvalue weighted by Gasteiger charge is -2.07. The zero-order valence-electron chi connectivity index (χ0n) is 7.05. The molecule has 1 aromatic rings. The third-order valence-corrected chi connectivity index (χ3v) is 2.88. The quantitative estimate of drug-likeness (QED) is 0.598. The van der Waals surface area contributed by atoms with Gasteiger partial charge in [-0.1, -0.05) is 0 Å². The zero-order valence-corrected chi connectivity index (χ0v) is 7.05. The molecule has 1 aromatic carbocycles. The normalized spacial score (nSPS) is 33.6. The summed E-state index contributed by atoms with van der Waals surface area (Å²) in [5.74, 6) is 0.176. The van der Waals surface area contributed by atoms with Gasteiger partial charge in [0.05, 0.1) is 5.92 Å². The Kier molecular flexibility index (Phi) is 1.14. The van der Waals surface area contributed by atoms with Crippen LogP contribution in [0.3, 0.4) is 0 Å². The summed E-state index contributed by atoms with van der Waals surface area (Å²) in [5.41, 5.74) is 1.27. The van der Waals surface area contributed by atoms with Crippen LogP contribution >= 0.6 is 0 Å². The van der Waals surface area contributed by atoms with E-state index in [0.29, 0.717) is 11.3 Å². The molecule has 3 heteroatoms. The Morgan fingerprint density at radius 1 is 1.38 bits per heavy atom. The van der Waals surface area contributed by atoms with E-state index in [1.807, 2.05) is 0 Å². The van der Waals surface area contributed by atoms with Crippen molar-refractivity contribution in [3.63, 3.8) is 0 Å². The Morgan fingerprint density at radius 2 is 2.15 bits per heavy atom. The maximum absolute atomic E-state index is 13.1. The number of halogens is 2. The fraction of sp³-hybridized carbons (Fsp3) is 0.400. The molecule has 68 valence electrons. The van der Waals surface area contributed by atoms with Gasteiger partial charge in [-0.15, -0.1) is 0 Å². The van der Waals surface area contributed by atoms with Gasteiger partial charge >= 0.3 is 0 Å². The van der Waals surface area contributed by atoms with Crippen molar-refractivity contribution in [1.82, 2.24) is 0 Å². The molecule has 0 radical (unpaired) electrons. The number of benzene rings is 1. The molecule has 1 nitrogen and oxygen atoms in total. The van der Waals surface area contributed by atoms with Gasteiger partial charge in [-0.3, -0.25) is 0 Å². The monoisotopic (exact) mass is 182 g/mol. The molecule has 2 aliphatic rings. The maximum Gasteiger partial charge on any atom is 0.148 e. The van der Waals surface area contributed by atoms with Gasteiger partial charge in [-0.2, -0.15) is 0 Å². The second kappa shape index (κ2) is 2.03. The van der Waals surface area contributed by atoms with E-state index in [9.17, 15) is 8.78 Å². The van der Waals surface area contributed by atoms with E-state index < -0.39 is 6.17 Å². The summed E-state index contributed by atoms with van der Waals surface area (Å²) in [7, 11) is 0. The van der Waals surface area contributed by atoms with Crippen molar-refractivity contribution >= 4 is 0 Å². The van der Waals surface area contributed by atoms with Gasteiger partial charge in [-0.05, 0) is 24.6 Å². The minimum atomic E-state index is -0.923. The minimum absolute atomic E-state index is 0.203. The second-order valence-corrected chi connectivity index (χ2v) is 3.64. The first-order valence-corrected chi connectivity index (χ1v) is 4.30. The fourth-order valence-corrected chi connectivity index (χ4v) is 2.05. The largest absolute Gasteiger partial charge is 0.486 e. The standard InChI is InChI=1S/C10H8F2O/c1-4-5(11)2-3-6-7(4)8-9(12)10(8)13-6/h2-3,8-10H,1H3. The Hall–Kier alpha value is -1.12. The van der Waals surface area contributed by atoms with Crippen LogP contribution in [0, 0.1) is 12.7 Å². The zero-order chi connectivity index (χ0) is 9.16. The van der Waals surface area contributed by atoms with Crippen LogP contribution in [0.2, 0.25) is 0 Å². The van der Waals surface area contributed by atoms with E-state index >= 15 is 0 Å². The first-order valence-electron chi connectivity index (χ1n) is 4.30. The molecular formula is C10H8F2O. The Labute approximate surface area is 74.3 Å². The molecule has 1 aliphatic heterocycles. The highest BCUT2D eigenvalue weighted by Crippen LogP contribution is 2.56. The van der Waals surface area contributed by atoms with Crippen molar-refractivity contribution in [2.24, 2.45) is 0 Å². The van der Waals surface area contributed by atoms with Crippen molar-refractivity contribution in [3.05, 3.63) is 29.1 Å². The molecule has 1 fully saturated rings. The van der Waals surface area contributed by atoms with Crippen molar-refractivity contribution in [2.75, 3.05) is 0 Å². The first-order chi connectivity index (χ1) is 6.20. The molecule has 0 saturated heterocycles. The first kappa shape index (κ1) is 7.30. The lowest BCUT2D eigenvalue weighted by atomic mass is 10.0. The SMILES string of the molecule is Cc1c(F)ccc2c1C1C(F)C1O2. The molecule has 3 rings (SSSR count). The van der Waals surface area contributed by atoms with Gasteiger partial charge in [0.25, 0.3) is 0 Å². The molecule has 3 unspecified atom stereocenters. The molecule has 3 atom stereocenters. The molecular weight excluding hydrogens is 174 g/mol. The summed E-state index contributed by atoms with van der Waals surface area (Å²) in [6.07, 6.45) is -1.26. The molecule has 1 aliphatic carbocycles. The van der Waals surface area contributed by atoms with Crippen LogP contribution in [0.25, 0.3) is 0 Å². The van der Waals surface area contributed by atoms with Crippen LogP contribution in [0.15, 0.2) is 12.1 Å². The van der Waals surface area contributed by atoms with E-state index in [1.54, 1.807) is 13.0 Å². The van der Waals surface area contributed by atoms with Gasteiger partial charge in [-0.25, -0.2) is 8.78 Å². The van der Waals surface area contributed by atoms with Crippen LogP contribution in [0.1, 0.15) is 17.0 Å². The predicted octanol–water partition coefficient (Wildman–Crippen LogP) is 2.33. The Bertz CT molecular complexity index is 389. The Morgan fingerprint density at radius 3 is 2.92 bits per heavy atom. The molecule has 0 aromatic heterocycles. The van der Waals surface area contributed by atoms with Crippen LogP contribution < -0.4 is 4.74 Å². The molecule has 0 amide bonds. The highest BCUT2D eigenvalue weighted by molar-refractivity contribution is 5.52. The van der Waals surface area contributed by atoms with Crippen LogP contribution in [-0.2, 0) is 0 Å². The van der Waals surface area contributed by atoms with Crippen LogP contribution in [0.4, 0.5) is 8.78 Å². The van der Waals surface area contributed by atoms with Gasteiger partial charge in [0.2, 0.25) is 0 Å². The summed E-state index contributed by atoms with van der Waals surface area (Å²) in [4.78, 5) is 0. The summed E-state index contributed by atoms with van der Waals surface area (Å²) >= 11 is 0. The topological polar surface area (TPSA) is 9.23 Å². The average molecular weight is 182 g/mol. The smallest absolute Gasteiger partial charge is 0.148 e. The highest BCUT2D eigenvalue weighted by Gasteiger charge is 2.60. The van der Waals surface area contributed by atoms with E-state index in [1.165, 1.54) is 6.07 Å². The van der Waals surface area contributed by atoms with Crippen LogP contribution in [0.5, 0.6) is 5.75 Å². The molecule has 0 N–H and O–H groups in total. The summed E-state index contributed by atoms with van der Waals surface area (Å²) in [6, 6.07) is 2.95. The highest BCUT2D eigenvalue weighted by atomic mass is 19.1. The van der Waals surface area contributed by atoms with E-state index in [-0.39, 0.29) is 17.8 Å². The van der Waals surface area contributed by atoms with E-state index in [4.69, 9.17) is 4.74 Å². The van der Waals surface area contributed by atoms with E-state index in [2.05, 4.69) is 0 Å². The summed E-state index contributed by atoms with van der Waals surface area (Å²) < 4.78 is 31.4. The third kappa shape index (κ3) is 0.747. The molecule has 0 bridgehead atoms. The molecule has 13 heavy (non-hydrogen) atoms. The number of rotatable bonds is 0.